The number of anilines is 1. The number of carbonyl (C=O) groups is 1. The fourth-order valence-electron chi connectivity index (χ4n) is 1.42. The minimum absolute atomic E-state index is 0.176. The normalized spacial score (nSPS) is 10.1. The quantitative estimate of drug-likeness (QED) is 0.882. The molecule has 0 atom stereocenters. The second kappa shape index (κ2) is 5.59. The molecule has 0 aliphatic rings. The molecule has 18 heavy (non-hydrogen) atoms. The number of carbonyl (C=O) groups excluding carboxylic acids is 1. The van der Waals surface area contributed by atoms with E-state index in [1.54, 1.807) is 17.8 Å². The summed E-state index contributed by atoms with van der Waals surface area (Å²) in [6, 6.07) is 3.51. The van der Waals surface area contributed by atoms with E-state index in [4.69, 9.17) is 0 Å². The predicted octanol–water partition coefficient (Wildman–Crippen LogP) is 1.82. The Morgan fingerprint density at radius 3 is 2.78 bits per heavy atom. The molecule has 0 saturated heterocycles. The first-order chi connectivity index (χ1) is 8.70. The van der Waals surface area contributed by atoms with Crippen molar-refractivity contribution in [1.82, 2.24) is 15.3 Å². The molecule has 0 fully saturated rings. The number of rotatable bonds is 4. The molecule has 0 spiro atoms. The third kappa shape index (κ3) is 2.84. The standard InChI is InChI=1S/C12H14N4OS/c1-8-11(18-7-16-8)6-15-12(17)10-4-3-9(13-2)5-14-10/h3-5,7,13H,6H2,1-2H3,(H,15,17). The minimum atomic E-state index is -0.176. The minimum Gasteiger partial charge on any atom is -0.387 e. The van der Waals surface area contributed by atoms with Crippen LogP contribution < -0.4 is 10.6 Å². The Hall–Kier alpha value is -1.95. The predicted molar refractivity (Wildman–Crippen MR) is 71.8 cm³/mol. The van der Waals surface area contributed by atoms with Gasteiger partial charge in [-0.25, -0.2) is 9.97 Å². The number of thiazole rings is 1. The van der Waals surface area contributed by atoms with E-state index in [1.165, 1.54) is 11.3 Å². The van der Waals surface area contributed by atoms with E-state index in [2.05, 4.69) is 20.6 Å². The number of amides is 1. The summed E-state index contributed by atoms with van der Waals surface area (Å²) in [5.41, 5.74) is 4.02. The number of hydrogen-bond donors (Lipinski definition) is 2. The molecule has 0 aliphatic heterocycles. The molecule has 5 nitrogen and oxygen atoms in total. The molecular weight excluding hydrogens is 248 g/mol. The van der Waals surface area contributed by atoms with Crippen molar-refractivity contribution in [3.63, 3.8) is 0 Å². The maximum atomic E-state index is 11.8. The molecule has 2 aromatic rings. The van der Waals surface area contributed by atoms with Gasteiger partial charge < -0.3 is 10.6 Å². The van der Waals surface area contributed by atoms with Crippen LogP contribution in [0.15, 0.2) is 23.8 Å². The topological polar surface area (TPSA) is 66.9 Å². The third-order valence-corrected chi connectivity index (χ3v) is 3.47. The molecule has 0 radical (unpaired) electrons. The fourth-order valence-corrected chi connectivity index (χ4v) is 2.14. The van der Waals surface area contributed by atoms with Crippen molar-refractivity contribution in [2.75, 3.05) is 12.4 Å². The van der Waals surface area contributed by atoms with Gasteiger partial charge in [0.1, 0.15) is 5.69 Å². The lowest BCUT2D eigenvalue weighted by Crippen LogP contribution is -2.23. The molecule has 0 unspecified atom stereocenters. The molecule has 2 aromatic heterocycles. The van der Waals surface area contributed by atoms with Crippen LogP contribution in [-0.2, 0) is 6.54 Å². The highest BCUT2D eigenvalue weighted by molar-refractivity contribution is 7.09. The van der Waals surface area contributed by atoms with Crippen LogP contribution in [0.25, 0.3) is 0 Å². The average molecular weight is 262 g/mol. The zero-order valence-corrected chi connectivity index (χ0v) is 11.0. The molecule has 2 rings (SSSR count). The van der Waals surface area contributed by atoms with Crippen molar-refractivity contribution in [2.45, 2.75) is 13.5 Å². The molecule has 0 saturated carbocycles. The summed E-state index contributed by atoms with van der Waals surface area (Å²) in [6.07, 6.45) is 1.63. The van der Waals surface area contributed by atoms with Crippen LogP contribution in [0.1, 0.15) is 21.1 Å². The summed E-state index contributed by atoms with van der Waals surface area (Å²) in [5.74, 6) is -0.176. The van der Waals surface area contributed by atoms with Gasteiger partial charge in [0.05, 0.1) is 29.6 Å². The maximum Gasteiger partial charge on any atom is 0.270 e. The van der Waals surface area contributed by atoms with Crippen LogP contribution in [-0.4, -0.2) is 22.9 Å². The van der Waals surface area contributed by atoms with E-state index in [1.807, 2.05) is 20.0 Å². The van der Waals surface area contributed by atoms with Gasteiger partial charge >= 0.3 is 0 Å². The van der Waals surface area contributed by atoms with Gasteiger partial charge in [-0.05, 0) is 19.1 Å². The first kappa shape index (κ1) is 12.5. The summed E-state index contributed by atoms with van der Waals surface area (Å²) < 4.78 is 0. The second-order valence-corrected chi connectivity index (χ2v) is 4.67. The third-order valence-electron chi connectivity index (χ3n) is 2.54. The second-order valence-electron chi connectivity index (χ2n) is 3.73. The summed E-state index contributed by atoms with van der Waals surface area (Å²) >= 11 is 1.54. The van der Waals surface area contributed by atoms with Gasteiger partial charge in [0.15, 0.2) is 0 Å². The summed E-state index contributed by atoms with van der Waals surface area (Å²) in [4.78, 5) is 21.1. The molecule has 0 aromatic carbocycles. The largest absolute Gasteiger partial charge is 0.387 e. The summed E-state index contributed by atoms with van der Waals surface area (Å²) in [6.45, 7) is 2.42. The zero-order valence-electron chi connectivity index (χ0n) is 10.2. The highest BCUT2D eigenvalue weighted by Crippen LogP contribution is 2.11. The van der Waals surface area contributed by atoms with Gasteiger partial charge in [0.2, 0.25) is 0 Å². The van der Waals surface area contributed by atoms with E-state index in [0.29, 0.717) is 12.2 Å². The highest BCUT2D eigenvalue weighted by Gasteiger charge is 2.08. The first-order valence-electron chi connectivity index (χ1n) is 5.51. The molecular formula is C12H14N4OS. The number of pyridine rings is 1. The number of nitrogens with zero attached hydrogens (tertiary/aromatic N) is 2. The van der Waals surface area contributed by atoms with E-state index in [-0.39, 0.29) is 5.91 Å². The molecule has 2 N–H and O–H groups in total. The molecule has 0 bridgehead atoms. The van der Waals surface area contributed by atoms with Crippen molar-refractivity contribution < 1.29 is 4.79 Å². The van der Waals surface area contributed by atoms with E-state index in [9.17, 15) is 4.79 Å². The first-order valence-corrected chi connectivity index (χ1v) is 6.39. The van der Waals surface area contributed by atoms with E-state index in [0.717, 1.165) is 16.3 Å². The summed E-state index contributed by atoms with van der Waals surface area (Å²) in [7, 11) is 1.81. The van der Waals surface area contributed by atoms with Crippen LogP contribution in [0.5, 0.6) is 0 Å². The van der Waals surface area contributed by atoms with E-state index < -0.39 is 0 Å². The smallest absolute Gasteiger partial charge is 0.270 e. The Kier molecular flexibility index (Phi) is 3.88. The van der Waals surface area contributed by atoms with Crippen molar-refractivity contribution in [3.05, 3.63) is 40.1 Å². The molecule has 0 aliphatic carbocycles. The number of aryl methyl sites for hydroxylation is 1. The SMILES string of the molecule is CNc1ccc(C(=O)NCc2scnc2C)nc1. The van der Waals surface area contributed by atoms with Crippen LogP contribution in [0, 0.1) is 6.92 Å². The highest BCUT2D eigenvalue weighted by atomic mass is 32.1. The van der Waals surface area contributed by atoms with Crippen LogP contribution in [0.3, 0.4) is 0 Å². The fraction of sp³-hybridized carbons (Fsp3) is 0.250. The van der Waals surface area contributed by atoms with Gasteiger partial charge in [0, 0.05) is 11.9 Å². The lowest BCUT2D eigenvalue weighted by atomic mass is 10.3. The monoisotopic (exact) mass is 262 g/mol. The van der Waals surface area contributed by atoms with Crippen molar-refractivity contribution in [1.29, 1.82) is 0 Å². The average Bonchev–Trinajstić information content (AvgIpc) is 2.81. The molecule has 94 valence electrons. The van der Waals surface area contributed by atoms with Gasteiger partial charge in [-0.3, -0.25) is 4.79 Å². The molecule has 1 amide bonds. The lowest BCUT2D eigenvalue weighted by molar-refractivity contribution is 0.0946. The number of aromatic nitrogens is 2. The molecule has 2 heterocycles. The van der Waals surface area contributed by atoms with E-state index >= 15 is 0 Å². The molecule has 6 heteroatoms. The van der Waals surface area contributed by atoms with Crippen LogP contribution in [0.4, 0.5) is 5.69 Å². The van der Waals surface area contributed by atoms with Gasteiger partial charge in [-0.1, -0.05) is 0 Å². The number of hydrogen-bond acceptors (Lipinski definition) is 5. The Morgan fingerprint density at radius 1 is 1.39 bits per heavy atom. The lowest BCUT2D eigenvalue weighted by Gasteiger charge is -2.04. The maximum absolute atomic E-state index is 11.8. The van der Waals surface area contributed by atoms with Crippen LogP contribution >= 0.6 is 11.3 Å². The Bertz CT molecular complexity index is 535. The Labute approximate surface area is 109 Å². The van der Waals surface area contributed by atoms with Gasteiger partial charge in [-0.15, -0.1) is 11.3 Å². The van der Waals surface area contributed by atoms with Crippen molar-refractivity contribution >= 4 is 22.9 Å². The Morgan fingerprint density at radius 2 is 2.22 bits per heavy atom. The Balaban J connectivity index is 1.97. The summed E-state index contributed by atoms with van der Waals surface area (Å²) in [5, 5.41) is 5.78. The van der Waals surface area contributed by atoms with Crippen molar-refractivity contribution in [3.8, 4) is 0 Å². The van der Waals surface area contributed by atoms with Crippen LogP contribution in [0.2, 0.25) is 0 Å². The number of nitrogens with one attached hydrogen (secondary N) is 2. The zero-order chi connectivity index (χ0) is 13.0. The van der Waals surface area contributed by atoms with Gasteiger partial charge in [-0.2, -0.15) is 0 Å². The van der Waals surface area contributed by atoms with Crippen molar-refractivity contribution in [2.24, 2.45) is 0 Å². The van der Waals surface area contributed by atoms with Gasteiger partial charge in [0.25, 0.3) is 5.91 Å².